The molecular weight excluding hydrogens is 425 g/mol. The fourth-order valence-electron chi connectivity index (χ4n) is 2.72. The third kappa shape index (κ3) is 6.36. The van der Waals surface area contributed by atoms with Crippen LogP contribution in [0.2, 0.25) is 0 Å². The molecule has 0 spiro atoms. The molecule has 0 saturated heterocycles. The van der Waals surface area contributed by atoms with Crippen LogP contribution in [0, 0.1) is 6.92 Å². The Labute approximate surface area is 181 Å². The number of nitrogens with one attached hydrogen (secondary N) is 2. The van der Waals surface area contributed by atoms with E-state index in [1.807, 2.05) is 19.1 Å². The van der Waals surface area contributed by atoms with Crippen molar-refractivity contribution in [1.82, 2.24) is 0 Å². The number of hydrogen-bond acceptors (Lipinski definition) is 3. The summed E-state index contributed by atoms with van der Waals surface area (Å²) >= 11 is 1.18. The van der Waals surface area contributed by atoms with Crippen molar-refractivity contribution in [1.29, 1.82) is 0 Å². The minimum Gasteiger partial charge on any atom is -0.325 e. The Morgan fingerprint density at radius 3 is 2.16 bits per heavy atom. The van der Waals surface area contributed by atoms with Gasteiger partial charge in [0.2, 0.25) is 5.91 Å². The third-order valence-electron chi connectivity index (χ3n) is 4.30. The SMILES string of the molecule is Cc1ccc(C(=O)Nc2ccc(SCC(=O)Nc3ccccc3C(F)(F)F)cc2)cc1. The lowest BCUT2D eigenvalue weighted by molar-refractivity contribution is -0.137. The summed E-state index contributed by atoms with van der Waals surface area (Å²) in [5.74, 6) is -0.831. The van der Waals surface area contributed by atoms with Crippen molar-refractivity contribution in [2.24, 2.45) is 0 Å². The van der Waals surface area contributed by atoms with Crippen LogP contribution in [-0.2, 0) is 11.0 Å². The van der Waals surface area contributed by atoms with Crippen LogP contribution in [0.15, 0.2) is 77.7 Å². The zero-order valence-corrected chi connectivity index (χ0v) is 17.3. The molecule has 2 amide bonds. The molecular formula is C23H19F3N2O2S. The van der Waals surface area contributed by atoms with Gasteiger partial charge in [-0.15, -0.1) is 11.8 Å². The average Bonchev–Trinajstić information content (AvgIpc) is 2.73. The third-order valence-corrected chi connectivity index (χ3v) is 5.31. The van der Waals surface area contributed by atoms with E-state index in [2.05, 4.69) is 10.6 Å². The maximum absolute atomic E-state index is 13.0. The van der Waals surface area contributed by atoms with Crippen LogP contribution in [0.3, 0.4) is 0 Å². The van der Waals surface area contributed by atoms with E-state index in [9.17, 15) is 22.8 Å². The number of alkyl halides is 3. The molecule has 160 valence electrons. The number of halogens is 3. The number of carbonyl (C=O) groups is 2. The number of carbonyl (C=O) groups excluding carboxylic acids is 2. The van der Waals surface area contributed by atoms with Crippen LogP contribution >= 0.6 is 11.8 Å². The van der Waals surface area contributed by atoms with Gasteiger partial charge in [-0.3, -0.25) is 9.59 Å². The molecule has 0 aliphatic carbocycles. The van der Waals surface area contributed by atoms with Gasteiger partial charge in [-0.05, 0) is 55.5 Å². The standard InChI is InChI=1S/C23H19F3N2O2S/c1-15-6-8-16(9-7-15)22(30)27-17-10-12-18(13-11-17)31-14-21(29)28-20-5-3-2-4-19(20)23(24,25)26/h2-13H,14H2,1H3,(H,27,30)(H,28,29). The number of anilines is 2. The second-order valence-corrected chi connectivity index (χ2v) is 7.77. The van der Waals surface area contributed by atoms with E-state index in [4.69, 9.17) is 0 Å². The molecule has 0 fully saturated rings. The molecule has 0 aliphatic heterocycles. The summed E-state index contributed by atoms with van der Waals surface area (Å²) < 4.78 is 39.1. The first-order valence-corrected chi connectivity index (χ1v) is 10.3. The highest BCUT2D eigenvalue weighted by Gasteiger charge is 2.33. The molecule has 3 aromatic rings. The van der Waals surface area contributed by atoms with Crippen LogP contribution in [0.4, 0.5) is 24.5 Å². The Kier molecular flexibility index (Phi) is 7.02. The normalized spacial score (nSPS) is 11.1. The summed E-state index contributed by atoms with van der Waals surface area (Å²) in [6.45, 7) is 1.94. The van der Waals surface area contributed by atoms with E-state index < -0.39 is 17.6 Å². The monoisotopic (exact) mass is 444 g/mol. The highest BCUT2D eigenvalue weighted by molar-refractivity contribution is 8.00. The van der Waals surface area contributed by atoms with E-state index >= 15 is 0 Å². The molecule has 0 atom stereocenters. The zero-order chi connectivity index (χ0) is 22.4. The maximum Gasteiger partial charge on any atom is 0.418 e. The van der Waals surface area contributed by atoms with Crippen LogP contribution in [0.25, 0.3) is 0 Å². The Morgan fingerprint density at radius 1 is 0.871 bits per heavy atom. The summed E-state index contributed by atoms with van der Waals surface area (Å²) in [5.41, 5.74) is 1.04. The smallest absolute Gasteiger partial charge is 0.325 e. The van der Waals surface area contributed by atoms with Crippen molar-refractivity contribution < 1.29 is 22.8 Å². The number of amides is 2. The summed E-state index contributed by atoms with van der Waals surface area (Å²) in [6, 6.07) is 18.9. The van der Waals surface area contributed by atoms with Gasteiger partial charge >= 0.3 is 6.18 Å². The molecule has 0 radical (unpaired) electrons. The molecule has 0 bridgehead atoms. The lowest BCUT2D eigenvalue weighted by Gasteiger charge is -2.13. The number of rotatable bonds is 6. The Balaban J connectivity index is 1.54. The molecule has 0 aromatic heterocycles. The minimum atomic E-state index is -4.55. The van der Waals surface area contributed by atoms with Crippen molar-refractivity contribution in [3.8, 4) is 0 Å². The first kappa shape index (κ1) is 22.4. The fraction of sp³-hybridized carbons (Fsp3) is 0.130. The molecule has 4 nitrogen and oxygen atoms in total. The lowest BCUT2D eigenvalue weighted by atomic mass is 10.1. The van der Waals surface area contributed by atoms with E-state index in [1.54, 1.807) is 36.4 Å². The number of para-hydroxylation sites is 1. The van der Waals surface area contributed by atoms with E-state index in [0.717, 1.165) is 16.5 Å². The van der Waals surface area contributed by atoms with Crippen molar-refractivity contribution in [2.75, 3.05) is 16.4 Å². The van der Waals surface area contributed by atoms with Gasteiger partial charge in [-0.25, -0.2) is 0 Å². The number of aryl methyl sites for hydroxylation is 1. The predicted molar refractivity (Wildman–Crippen MR) is 116 cm³/mol. The number of benzene rings is 3. The van der Waals surface area contributed by atoms with Crippen molar-refractivity contribution in [3.05, 3.63) is 89.5 Å². The van der Waals surface area contributed by atoms with Gasteiger partial charge in [0.25, 0.3) is 5.91 Å². The second-order valence-electron chi connectivity index (χ2n) is 6.72. The summed E-state index contributed by atoms with van der Waals surface area (Å²) in [4.78, 5) is 25.1. The van der Waals surface area contributed by atoms with Gasteiger partial charge in [-0.2, -0.15) is 13.2 Å². The minimum absolute atomic E-state index is 0.0543. The first-order chi connectivity index (χ1) is 14.7. The number of hydrogen-bond donors (Lipinski definition) is 2. The zero-order valence-electron chi connectivity index (χ0n) is 16.5. The van der Waals surface area contributed by atoms with Crippen LogP contribution in [-0.4, -0.2) is 17.6 Å². The van der Waals surface area contributed by atoms with E-state index in [1.165, 1.54) is 30.0 Å². The largest absolute Gasteiger partial charge is 0.418 e. The topological polar surface area (TPSA) is 58.2 Å². The van der Waals surface area contributed by atoms with Gasteiger partial charge in [0, 0.05) is 16.1 Å². The quantitative estimate of drug-likeness (QED) is 0.459. The Hall–Kier alpha value is -3.26. The molecule has 2 N–H and O–H groups in total. The fourth-order valence-corrected chi connectivity index (χ4v) is 3.42. The van der Waals surface area contributed by atoms with Crippen LogP contribution < -0.4 is 10.6 Å². The summed E-state index contributed by atoms with van der Waals surface area (Å²) in [7, 11) is 0. The van der Waals surface area contributed by atoms with E-state index in [0.29, 0.717) is 11.3 Å². The predicted octanol–water partition coefficient (Wildman–Crippen LogP) is 6.00. The first-order valence-electron chi connectivity index (χ1n) is 9.29. The van der Waals surface area contributed by atoms with Gasteiger partial charge in [0.1, 0.15) is 0 Å². The molecule has 0 unspecified atom stereocenters. The summed E-state index contributed by atoms with van der Waals surface area (Å²) in [6.07, 6.45) is -4.55. The number of thioether (sulfide) groups is 1. The molecule has 3 aromatic carbocycles. The van der Waals surface area contributed by atoms with Crippen molar-refractivity contribution in [2.45, 2.75) is 18.0 Å². The Bertz CT molecular complexity index is 1070. The molecule has 0 saturated carbocycles. The maximum atomic E-state index is 13.0. The van der Waals surface area contributed by atoms with E-state index in [-0.39, 0.29) is 17.3 Å². The molecule has 0 aliphatic rings. The van der Waals surface area contributed by atoms with Gasteiger partial charge < -0.3 is 10.6 Å². The highest BCUT2D eigenvalue weighted by atomic mass is 32.2. The molecule has 0 heterocycles. The average molecular weight is 444 g/mol. The highest BCUT2D eigenvalue weighted by Crippen LogP contribution is 2.34. The molecule has 31 heavy (non-hydrogen) atoms. The van der Waals surface area contributed by atoms with Crippen molar-refractivity contribution >= 4 is 35.0 Å². The van der Waals surface area contributed by atoms with Crippen molar-refractivity contribution in [3.63, 3.8) is 0 Å². The molecule has 8 heteroatoms. The Morgan fingerprint density at radius 2 is 1.52 bits per heavy atom. The van der Waals surface area contributed by atoms with Gasteiger partial charge in [0.15, 0.2) is 0 Å². The van der Waals surface area contributed by atoms with Crippen LogP contribution in [0.1, 0.15) is 21.5 Å². The van der Waals surface area contributed by atoms with Crippen LogP contribution in [0.5, 0.6) is 0 Å². The molecule has 3 rings (SSSR count). The van der Waals surface area contributed by atoms with Gasteiger partial charge in [0.05, 0.1) is 17.0 Å². The van der Waals surface area contributed by atoms with Gasteiger partial charge in [-0.1, -0.05) is 29.8 Å². The summed E-state index contributed by atoms with van der Waals surface area (Å²) in [5, 5.41) is 5.10. The second kappa shape index (κ2) is 9.70. The lowest BCUT2D eigenvalue weighted by Crippen LogP contribution is -2.18.